The van der Waals surface area contributed by atoms with Crippen LogP contribution in [0.25, 0.3) is 0 Å². The molecule has 0 saturated heterocycles. The molecule has 0 aliphatic rings. The standard InChI is InChI=1S/C12H7Br3F2O2/c13-6-1-2-8(16)5(11(6)17)3-9(18)10-4-7(14)12(15)19-10/h1-2,4,9,18H,3H2. The van der Waals surface area contributed by atoms with Crippen LogP contribution in [0.4, 0.5) is 8.78 Å². The normalized spacial score (nSPS) is 12.7. The number of benzene rings is 1. The molecule has 7 heteroatoms. The van der Waals surface area contributed by atoms with Gasteiger partial charge in [0.25, 0.3) is 0 Å². The monoisotopic (exact) mass is 458 g/mol. The predicted molar refractivity (Wildman–Crippen MR) is 76.8 cm³/mol. The van der Waals surface area contributed by atoms with Gasteiger partial charge in [0, 0.05) is 12.0 Å². The SMILES string of the molecule is OC(Cc1c(F)ccc(Br)c1F)c1cc(Br)c(Br)o1. The number of furan rings is 1. The summed E-state index contributed by atoms with van der Waals surface area (Å²) >= 11 is 9.31. The van der Waals surface area contributed by atoms with Crippen molar-refractivity contribution in [2.45, 2.75) is 12.5 Å². The maximum Gasteiger partial charge on any atom is 0.183 e. The summed E-state index contributed by atoms with van der Waals surface area (Å²) in [5.74, 6) is -1.20. The fourth-order valence-corrected chi connectivity index (χ4v) is 2.56. The summed E-state index contributed by atoms with van der Waals surface area (Å²) in [6.07, 6.45) is -1.36. The van der Waals surface area contributed by atoms with E-state index < -0.39 is 17.7 Å². The lowest BCUT2D eigenvalue weighted by molar-refractivity contribution is 0.146. The summed E-state index contributed by atoms with van der Waals surface area (Å²) in [5, 5.41) is 9.97. The molecule has 0 aliphatic heterocycles. The molecule has 1 atom stereocenters. The third-order valence-electron chi connectivity index (χ3n) is 2.53. The Morgan fingerprint density at radius 1 is 1.16 bits per heavy atom. The van der Waals surface area contributed by atoms with Gasteiger partial charge in [-0.25, -0.2) is 8.78 Å². The summed E-state index contributed by atoms with van der Waals surface area (Å²) in [4.78, 5) is 0. The molecule has 1 unspecified atom stereocenters. The van der Waals surface area contributed by atoms with E-state index in [1.54, 1.807) is 6.07 Å². The molecule has 0 bridgehead atoms. The Bertz CT molecular complexity index is 594. The van der Waals surface area contributed by atoms with Crippen molar-refractivity contribution in [1.29, 1.82) is 0 Å². The Morgan fingerprint density at radius 2 is 1.84 bits per heavy atom. The second kappa shape index (κ2) is 6.03. The smallest absolute Gasteiger partial charge is 0.183 e. The largest absolute Gasteiger partial charge is 0.450 e. The van der Waals surface area contributed by atoms with Crippen LogP contribution in [-0.4, -0.2) is 5.11 Å². The van der Waals surface area contributed by atoms with Gasteiger partial charge >= 0.3 is 0 Å². The van der Waals surface area contributed by atoms with E-state index in [1.807, 2.05) is 0 Å². The van der Waals surface area contributed by atoms with Gasteiger partial charge in [-0.3, -0.25) is 0 Å². The van der Waals surface area contributed by atoms with Crippen LogP contribution < -0.4 is 0 Å². The average molecular weight is 461 g/mol. The lowest BCUT2D eigenvalue weighted by atomic mass is 10.1. The van der Waals surface area contributed by atoms with Gasteiger partial charge in [0.1, 0.15) is 23.5 Å². The lowest BCUT2D eigenvalue weighted by Crippen LogP contribution is -2.05. The number of rotatable bonds is 3. The highest BCUT2D eigenvalue weighted by molar-refractivity contribution is 9.13. The predicted octanol–water partition coefficient (Wildman–Crippen LogP) is 5.12. The van der Waals surface area contributed by atoms with Gasteiger partial charge in [-0.05, 0) is 66.0 Å². The Balaban J connectivity index is 2.28. The van der Waals surface area contributed by atoms with Gasteiger partial charge in [0.05, 0.1) is 8.95 Å². The number of aliphatic hydroxyl groups is 1. The van der Waals surface area contributed by atoms with E-state index in [0.717, 1.165) is 6.07 Å². The third kappa shape index (κ3) is 3.26. The van der Waals surface area contributed by atoms with E-state index >= 15 is 0 Å². The van der Waals surface area contributed by atoms with E-state index in [2.05, 4.69) is 47.8 Å². The van der Waals surface area contributed by atoms with Gasteiger partial charge in [-0.1, -0.05) is 0 Å². The van der Waals surface area contributed by atoms with E-state index in [9.17, 15) is 13.9 Å². The van der Waals surface area contributed by atoms with Crippen LogP contribution in [0, 0.1) is 11.6 Å². The Kier molecular flexibility index (Phi) is 4.81. The van der Waals surface area contributed by atoms with E-state index in [4.69, 9.17) is 4.42 Å². The highest BCUT2D eigenvalue weighted by atomic mass is 79.9. The van der Waals surface area contributed by atoms with Crippen molar-refractivity contribution in [1.82, 2.24) is 0 Å². The zero-order valence-corrected chi connectivity index (χ0v) is 14.0. The first-order chi connectivity index (χ1) is 8.90. The highest BCUT2D eigenvalue weighted by Gasteiger charge is 2.20. The second-order valence-electron chi connectivity index (χ2n) is 3.81. The van der Waals surface area contributed by atoms with Gasteiger partial charge < -0.3 is 9.52 Å². The molecule has 0 amide bonds. The van der Waals surface area contributed by atoms with E-state index in [-0.39, 0.29) is 22.2 Å². The fourth-order valence-electron chi connectivity index (χ4n) is 1.58. The van der Waals surface area contributed by atoms with Crippen molar-refractivity contribution in [3.63, 3.8) is 0 Å². The molecule has 1 N–H and O–H groups in total. The molecule has 0 fully saturated rings. The van der Waals surface area contributed by atoms with Gasteiger partial charge in [0.2, 0.25) is 0 Å². The van der Waals surface area contributed by atoms with E-state index in [1.165, 1.54) is 6.07 Å². The van der Waals surface area contributed by atoms with Crippen LogP contribution in [0.15, 0.2) is 36.2 Å². The number of aliphatic hydroxyl groups excluding tert-OH is 1. The second-order valence-corrected chi connectivity index (χ2v) is 6.24. The van der Waals surface area contributed by atoms with E-state index in [0.29, 0.717) is 9.14 Å². The minimum absolute atomic E-state index is 0.151. The van der Waals surface area contributed by atoms with Crippen LogP contribution in [-0.2, 0) is 6.42 Å². The van der Waals surface area contributed by atoms with Crippen LogP contribution in [0.1, 0.15) is 17.4 Å². The molecule has 0 saturated carbocycles. The first-order valence-corrected chi connectivity index (χ1v) is 7.53. The number of halogens is 5. The number of hydrogen-bond acceptors (Lipinski definition) is 2. The summed E-state index contributed by atoms with van der Waals surface area (Å²) in [6.45, 7) is 0. The summed E-state index contributed by atoms with van der Waals surface area (Å²) in [6, 6.07) is 3.96. The first-order valence-electron chi connectivity index (χ1n) is 5.15. The van der Waals surface area contributed by atoms with Crippen molar-refractivity contribution < 1.29 is 18.3 Å². The molecule has 102 valence electrons. The molecular weight excluding hydrogens is 454 g/mol. The molecular formula is C12H7Br3F2O2. The molecule has 2 aromatic rings. The summed E-state index contributed by atoms with van der Waals surface area (Å²) in [5.41, 5.74) is -0.189. The quantitative estimate of drug-likeness (QED) is 0.645. The van der Waals surface area contributed by atoms with Crippen LogP contribution >= 0.6 is 47.8 Å². The van der Waals surface area contributed by atoms with Crippen molar-refractivity contribution in [2.24, 2.45) is 0 Å². The minimum Gasteiger partial charge on any atom is -0.450 e. The molecule has 19 heavy (non-hydrogen) atoms. The molecule has 2 rings (SSSR count). The van der Waals surface area contributed by atoms with Crippen LogP contribution in [0.2, 0.25) is 0 Å². The van der Waals surface area contributed by atoms with Crippen LogP contribution in [0.5, 0.6) is 0 Å². The topological polar surface area (TPSA) is 33.4 Å². The molecule has 0 spiro atoms. The lowest BCUT2D eigenvalue weighted by Gasteiger charge is -2.10. The highest BCUT2D eigenvalue weighted by Crippen LogP contribution is 2.32. The van der Waals surface area contributed by atoms with Gasteiger partial charge in [-0.2, -0.15) is 0 Å². The zero-order chi connectivity index (χ0) is 14.2. The maximum atomic E-state index is 13.8. The van der Waals surface area contributed by atoms with Gasteiger partial charge in [0.15, 0.2) is 4.67 Å². The van der Waals surface area contributed by atoms with Gasteiger partial charge in [-0.15, -0.1) is 0 Å². The molecule has 0 aliphatic carbocycles. The average Bonchev–Trinajstić information content (AvgIpc) is 2.70. The first kappa shape index (κ1) is 15.2. The van der Waals surface area contributed by atoms with Crippen LogP contribution in [0.3, 0.4) is 0 Å². The Labute approximate surface area is 133 Å². The Hall–Kier alpha value is -0.240. The summed E-state index contributed by atoms with van der Waals surface area (Å²) < 4.78 is 33.8. The van der Waals surface area contributed by atoms with Crippen molar-refractivity contribution >= 4 is 47.8 Å². The fraction of sp³-hybridized carbons (Fsp3) is 0.167. The molecule has 1 aromatic heterocycles. The molecule has 0 radical (unpaired) electrons. The third-order valence-corrected chi connectivity index (χ3v) is 4.85. The maximum absolute atomic E-state index is 13.8. The molecule has 1 heterocycles. The molecule has 1 aromatic carbocycles. The van der Waals surface area contributed by atoms with Crippen molar-refractivity contribution in [3.8, 4) is 0 Å². The zero-order valence-electron chi connectivity index (χ0n) is 9.26. The van der Waals surface area contributed by atoms with Crippen molar-refractivity contribution in [2.75, 3.05) is 0 Å². The molecule has 2 nitrogen and oxygen atoms in total. The number of hydrogen-bond donors (Lipinski definition) is 1. The summed E-state index contributed by atoms with van der Waals surface area (Å²) in [7, 11) is 0. The minimum atomic E-state index is -1.14. The van der Waals surface area contributed by atoms with Crippen molar-refractivity contribution in [3.05, 3.63) is 54.8 Å². The Morgan fingerprint density at radius 3 is 2.42 bits per heavy atom.